The van der Waals surface area contributed by atoms with E-state index in [4.69, 9.17) is 0 Å². The van der Waals surface area contributed by atoms with E-state index in [9.17, 15) is 12.8 Å². The molecule has 0 aliphatic rings. The molecule has 0 rings (SSSR count). The molecule has 0 amide bonds. The fraction of sp³-hybridized carbons (Fsp3) is 1.00. The van der Waals surface area contributed by atoms with Gasteiger partial charge in [-0.25, -0.2) is 10.3 Å². The quantitative estimate of drug-likeness (QED) is 0.428. The Morgan fingerprint density at radius 1 is 1.29 bits per heavy atom. The molecule has 4 nitrogen and oxygen atoms in total. The first-order chi connectivity index (χ1) is 3.00. The maximum Gasteiger partial charge on any atom is 0.271 e. The SMILES string of the molecule is CF.NS(N)(=O)=O. The van der Waals surface area contributed by atoms with Crippen molar-refractivity contribution in [2.45, 2.75) is 0 Å². The molecule has 0 aliphatic heterocycles. The molecular weight excluding hydrogens is 123 g/mol. The minimum Gasteiger partial charge on any atom is -0.255 e. The molecule has 0 radical (unpaired) electrons. The Morgan fingerprint density at radius 2 is 1.29 bits per heavy atom. The summed E-state index contributed by atoms with van der Waals surface area (Å²) in [6, 6.07) is 0. The maximum atomic E-state index is 9.50. The highest BCUT2D eigenvalue weighted by molar-refractivity contribution is 7.86. The molecule has 0 atom stereocenters. The van der Waals surface area contributed by atoms with Crippen molar-refractivity contribution in [2.24, 2.45) is 10.3 Å². The number of nitrogens with two attached hydrogens (primary N) is 2. The van der Waals surface area contributed by atoms with Crippen LogP contribution in [0.4, 0.5) is 4.39 Å². The zero-order valence-corrected chi connectivity index (χ0v) is 4.57. The maximum absolute atomic E-state index is 9.50. The van der Waals surface area contributed by atoms with Gasteiger partial charge in [-0.2, -0.15) is 8.42 Å². The molecule has 0 aliphatic carbocycles. The summed E-state index contributed by atoms with van der Waals surface area (Å²) in [5, 5.41) is 8.21. The molecule has 4 N–H and O–H groups in total. The summed E-state index contributed by atoms with van der Waals surface area (Å²) in [6.45, 7) is 0. The van der Waals surface area contributed by atoms with Crippen LogP contribution in [0.2, 0.25) is 0 Å². The van der Waals surface area contributed by atoms with Gasteiger partial charge in [-0.15, -0.1) is 0 Å². The Hall–Kier alpha value is -0.200. The van der Waals surface area contributed by atoms with Gasteiger partial charge in [-0.1, -0.05) is 0 Å². The summed E-state index contributed by atoms with van der Waals surface area (Å²) < 4.78 is 27.9. The minimum absolute atomic E-state index is 0.500. The van der Waals surface area contributed by atoms with E-state index >= 15 is 0 Å². The van der Waals surface area contributed by atoms with Crippen molar-refractivity contribution in [3.8, 4) is 0 Å². The normalized spacial score (nSPS) is 9.14. The molecule has 0 aromatic heterocycles. The smallest absolute Gasteiger partial charge is 0.255 e. The molecule has 0 unspecified atom stereocenters. The molecular formula is CH7FN2O2S. The minimum atomic E-state index is -3.67. The van der Waals surface area contributed by atoms with Crippen LogP contribution in [0.25, 0.3) is 0 Å². The third-order valence-corrected chi connectivity index (χ3v) is 0. The third kappa shape index (κ3) is 2090. The van der Waals surface area contributed by atoms with Gasteiger partial charge in [0.2, 0.25) is 0 Å². The Balaban J connectivity index is 0. The van der Waals surface area contributed by atoms with Crippen LogP contribution in [0.15, 0.2) is 0 Å². The van der Waals surface area contributed by atoms with Gasteiger partial charge in [0.1, 0.15) is 0 Å². The molecule has 0 aromatic rings. The summed E-state index contributed by atoms with van der Waals surface area (Å²) in [7, 11) is -3.17. The Kier molecular flexibility index (Phi) is 5.63. The lowest BCUT2D eigenvalue weighted by Crippen LogP contribution is -2.21. The van der Waals surface area contributed by atoms with E-state index in [0.717, 1.165) is 0 Å². The molecule has 7 heavy (non-hydrogen) atoms. The molecule has 0 bridgehead atoms. The lowest BCUT2D eigenvalue weighted by molar-refractivity contribution is 0.599. The topological polar surface area (TPSA) is 86.2 Å². The summed E-state index contributed by atoms with van der Waals surface area (Å²) in [5.74, 6) is 0. The van der Waals surface area contributed by atoms with Crippen molar-refractivity contribution in [3.05, 3.63) is 0 Å². The fourth-order valence-corrected chi connectivity index (χ4v) is 0. The third-order valence-electron chi connectivity index (χ3n) is 0. The number of hydrogen-bond acceptors (Lipinski definition) is 2. The summed E-state index contributed by atoms with van der Waals surface area (Å²) >= 11 is 0. The molecule has 0 fully saturated rings. The molecule has 0 saturated carbocycles. The molecule has 6 heteroatoms. The zero-order valence-electron chi connectivity index (χ0n) is 3.76. The van der Waals surface area contributed by atoms with Crippen LogP contribution in [0.1, 0.15) is 0 Å². The van der Waals surface area contributed by atoms with Gasteiger partial charge in [-0.05, 0) is 0 Å². The zero-order chi connectivity index (χ0) is 6.50. The first-order valence-corrected chi connectivity index (χ1v) is 2.79. The average molecular weight is 130 g/mol. The van der Waals surface area contributed by atoms with Gasteiger partial charge < -0.3 is 0 Å². The van der Waals surface area contributed by atoms with E-state index in [1.54, 1.807) is 0 Å². The predicted octanol–water partition coefficient (Wildman–Crippen LogP) is -1.27. The summed E-state index contributed by atoms with van der Waals surface area (Å²) in [4.78, 5) is 0. The van der Waals surface area contributed by atoms with E-state index in [2.05, 4.69) is 10.3 Å². The highest BCUT2D eigenvalue weighted by atomic mass is 32.2. The van der Waals surface area contributed by atoms with Crippen LogP contribution in [0.5, 0.6) is 0 Å². The molecule has 46 valence electrons. The Morgan fingerprint density at radius 3 is 1.29 bits per heavy atom. The molecule has 0 aromatic carbocycles. The largest absolute Gasteiger partial charge is 0.271 e. The van der Waals surface area contributed by atoms with E-state index in [0.29, 0.717) is 7.18 Å². The van der Waals surface area contributed by atoms with Crippen molar-refractivity contribution < 1.29 is 12.8 Å². The number of hydrogen-bond donors (Lipinski definition) is 2. The average Bonchev–Trinajstić information content (AvgIpc) is 1.36. The van der Waals surface area contributed by atoms with E-state index in [-0.39, 0.29) is 0 Å². The van der Waals surface area contributed by atoms with E-state index in [1.165, 1.54) is 0 Å². The number of alkyl halides is 1. The van der Waals surface area contributed by atoms with Gasteiger partial charge in [-0.3, -0.25) is 4.39 Å². The monoisotopic (exact) mass is 130 g/mol. The predicted molar refractivity (Wildman–Crippen MR) is 24.3 cm³/mol. The first-order valence-electron chi connectivity index (χ1n) is 1.18. The summed E-state index contributed by atoms with van der Waals surface area (Å²) in [6.07, 6.45) is 0. The van der Waals surface area contributed by atoms with Gasteiger partial charge in [0.05, 0.1) is 7.18 Å². The molecule has 0 saturated heterocycles. The standard InChI is InChI=1S/CH3F.H4N2O2S/c1-2;1-5(2,3)4/h1H3;(H4,1,2,3,4). The first kappa shape index (κ1) is 9.93. The van der Waals surface area contributed by atoms with Crippen molar-refractivity contribution >= 4 is 10.2 Å². The lowest BCUT2D eigenvalue weighted by Gasteiger charge is -1.72. The van der Waals surface area contributed by atoms with Crippen LogP contribution in [-0.2, 0) is 10.2 Å². The Bertz CT molecular complexity index is 98.9. The molecule has 0 spiro atoms. The van der Waals surface area contributed by atoms with Gasteiger partial charge >= 0.3 is 0 Å². The van der Waals surface area contributed by atoms with Gasteiger partial charge in [0.15, 0.2) is 0 Å². The second-order valence-electron chi connectivity index (χ2n) is 0.589. The Labute approximate surface area is 41.5 Å². The van der Waals surface area contributed by atoms with Crippen molar-refractivity contribution in [2.75, 3.05) is 7.18 Å². The van der Waals surface area contributed by atoms with Crippen molar-refractivity contribution in [3.63, 3.8) is 0 Å². The molecule has 0 heterocycles. The van der Waals surface area contributed by atoms with Gasteiger partial charge in [0.25, 0.3) is 10.2 Å². The van der Waals surface area contributed by atoms with Crippen molar-refractivity contribution in [1.82, 2.24) is 0 Å². The van der Waals surface area contributed by atoms with Crippen LogP contribution >= 0.6 is 0 Å². The van der Waals surface area contributed by atoms with Crippen LogP contribution in [-0.4, -0.2) is 15.6 Å². The highest BCUT2D eigenvalue weighted by Crippen LogP contribution is 1.40. The second-order valence-corrected chi connectivity index (χ2v) is 1.77. The second kappa shape index (κ2) is 3.97. The van der Waals surface area contributed by atoms with E-state index in [1.807, 2.05) is 0 Å². The fourth-order valence-electron chi connectivity index (χ4n) is 0. The van der Waals surface area contributed by atoms with E-state index < -0.39 is 10.2 Å². The number of halogens is 1. The number of rotatable bonds is 0. The van der Waals surface area contributed by atoms with Crippen LogP contribution < -0.4 is 10.3 Å². The lowest BCUT2D eigenvalue weighted by atomic mass is 11.9. The van der Waals surface area contributed by atoms with Gasteiger partial charge in [0, 0.05) is 0 Å². The van der Waals surface area contributed by atoms with Crippen LogP contribution in [0, 0.1) is 0 Å². The summed E-state index contributed by atoms with van der Waals surface area (Å²) in [5.41, 5.74) is 0. The van der Waals surface area contributed by atoms with Crippen molar-refractivity contribution in [1.29, 1.82) is 0 Å². The van der Waals surface area contributed by atoms with Crippen LogP contribution in [0.3, 0.4) is 0 Å². The highest BCUT2D eigenvalue weighted by Gasteiger charge is 1.78.